The van der Waals surface area contributed by atoms with E-state index < -0.39 is 5.82 Å². The van der Waals surface area contributed by atoms with Crippen LogP contribution in [0.1, 0.15) is 21.7 Å². The second-order valence-corrected chi connectivity index (χ2v) is 4.79. The Kier molecular flexibility index (Phi) is 3.81. The molecule has 0 bridgehead atoms. The van der Waals surface area contributed by atoms with Crippen molar-refractivity contribution in [3.8, 4) is 0 Å². The van der Waals surface area contributed by atoms with E-state index >= 15 is 0 Å². The molecule has 1 heterocycles. The summed E-state index contributed by atoms with van der Waals surface area (Å²) in [4.78, 5) is 19.9. The van der Waals surface area contributed by atoms with Gasteiger partial charge in [0.1, 0.15) is 11.5 Å². The number of carbonyl (C=O) groups is 1. The molecule has 2 aromatic rings. The van der Waals surface area contributed by atoms with Crippen LogP contribution >= 0.6 is 15.9 Å². The van der Waals surface area contributed by atoms with E-state index in [2.05, 4.69) is 25.9 Å². The number of carbonyl (C=O) groups excluding carboxylic acids is 1. The second-order valence-electron chi connectivity index (χ2n) is 3.88. The van der Waals surface area contributed by atoms with Crippen LogP contribution in [-0.4, -0.2) is 15.8 Å². The molecule has 0 saturated carbocycles. The summed E-state index contributed by atoms with van der Waals surface area (Å²) in [6.45, 7) is 1.79. The van der Waals surface area contributed by atoms with Crippen LogP contribution in [0.15, 0.2) is 35.1 Å². The maximum atomic E-state index is 13.5. The molecule has 1 aromatic heterocycles. The van der Waals surface area contributed by atoms with Crippen LogP contribution in [0.2, 0.25) is 0 Å². The highest BCUT2D eigenvalue weighted by molar-refractivity contribution is 9.10. The average molecular weight is 309 g/mol. The molecule has 92 valence electrons. The van der Waals surface area contributed by atoms with Gasteiger partial charge in [-0.1, -0.05) is 15.9 Å². The third-order valence-corrected chi connectivity index (χ3v) is 2.92. The van der Waals surface area contributed by atoms with Gasteiger partial charge in [0.25, 0.3) is 0 Å². The molecule has 0 spiro atoms. The Morgan fingerprint density at radius 3 is 2.78 bits per heavy atom. The number of ketones is 1. The Labute approximate surface area is 112 Å². The lowest BCUT2D eigenvalue weighted by molar-refractivity contribution is 0.0986. The van der Waals surface area contributed by atoms with Gasteiger partial charge in [-0.2, -0.15) is 0 Å². The Morgan fingerprint density at radius 1 is 1.33 bits per heavy atom. The number of hydrogen-bond donors (Lipinski definition) is 0. The van der Waals surface area contributed by atoms with Crippen molar-refractivity contribution in [2.75, 3.05) is 0 Å². The number of hydrogen-bond acceptors (Lipinski definition) is 3. The first-order chi connectivity index (χ1) is 8.56. The second kappa shape index (κ2) is 5.35. The van der Waals surface area contributed by atoms with Gasteiger partial charge >= 0.3 is 0 Å². The van der Waals surface area contributed by atoms with E-state index in [0.29, 0.717) is 5.56 Å². The number of halogens is 2. The molecule has 2 rings (SSSR count). The summed E-state index contributed by atoms with van der Waals surface area (Å²) in [6.07, 6.45) is 2.90. The number of rotatable bonds is 3. The van der Waals surface area contributed by atoms with Crippen molar-refractivity contribution in [3.05, 3.63) is 57.8 Å². The fraction of sp³-hybridized carbons (Fsp3) is 0.154. The molecule has 0 amide bonds. The Hall–Kier alpha value is -1.62. The van der Waals surface area contributed by atoms with Crippen LogP contribution < -0.4 is 0 Å². The molecule has 0 N–H and O–H groups in total. The summed E-state index contributed by atoms with van der Waals surface area (Å²) >= 11 is 3.25. The van der Waals surface area contributed by atoms with E-state index in [1.54, 1.807) is 19.1 Å². The first kappa shape index (κ1) is 12.8. The van der Waals surface area contributed by atoms with Crippen molar-refractivity contribution in [3.63, 3.8) is 0 Å². The van der Waals surface area contributed by atoms with Gasteiger partial charge in [0, 0.05) is 17.1 Å². The lowest BCUT2D eigenvalue weighted by Gasteiger charge is -2.03. The van der Waals surface area contributed by atoms with Crippen molar-refractivity contribution in [2.45, 2.75) is 13.3 Å². The highest BCUT2D eigenvalue weighted by Gasteiger charge is 2.12. The molecule has 1 aromatic carbocycles. The zero-order chi connectivity index (χ0) is 13.1. The van der Waals surface area contributed by atoms with E-state index in [0.717, 1.165) is 10.2 Å². The van der Waals surface area contributed by atoms with E-state index in [1.165, 1.54) is 18.5 Å². The summed E-state index contributed by atoms with van der Waals surface area (Å²) in [5, 5.41) is 0. The standard InChI is InChI=1S/C13H10BrFN2O/c1-8-6-17-12(7-16-8)13(18)5-9-4-10(14)2-3-11(9)15/h2-4,6-7H,5H2,1H3. The summed E-state index contributed by atoms with van der Waals surface area (Å²) in [6, 6.07) is 4.51. The van der Waals surface area contributed by atoms with Gasteiger partial charge in [0.15, 0.2) is 5.78 Å². The van der Waals surface area contributed by atoms with E-state index in [-0.39, 0.29) is 17.9 Å². The normalized spacial score (nSPS) is 10.4. The molecule has 0 radical (unpaired) electrons. The predicted octanol–water partition coefficient (Wildman–Crippen LogP) is 3.11. The molecule has 0 aliphatic heterocycles. The molecule has 0 atom stereocenters. The van der Waals surface area contributed by atoms with Crippen LogP contribution in [0.5, 0.6) is 0 Å². The number of benzene rings is 1. The summed E-state index contributed by atoms with van der Waals surface area (Å²) in [5.41, 5.74) is 1.33. The van der Waals surface area contributed by atoms with Crippen molar-refractivity contribution in [2.24, 2.45) is 0 Å². The number of aromatic nitrogens is 2. The van der Waals surface area contributed by atoms with Crippen molar-refractivity contribution in [1.82, 2.24) is 9.97 Å². The van der Waals surface area contributed by atoms with Gasteiger partial charge < -0.3 is 0 Å². The van der Waals surface area contributed by atoms with Crippen LogP contribution in [0.4, 0.5) is 4.39 Å². The van der Waals surface area contributed by atoms with E-state index in [9.17, 15) is 9.18 Å². The third kappa shape index (κ3) is 2.98. The smallest absolute Gasteiger partial charge is 0.187 e. The molecule has 0 saturated heterocycles. The molecule has 0 unspecified atom stereocenters. The fourth-order valence-corrected chi connectivity index (χ4v) is 1.89. The summed E-state index contributed by atoms with van der Waals surface area (Å²) in [5.74, 6) is -0.647. The zero-order valence-corrected chi connectivity index (χ0v) is 11.2. The minimum absolute atomic E-state index is 0.0248. The highest BCUT2D eigenvalue weighted by atomic mass is 79.9. The molecular formula is C13H10BrFN2O. The van der Waals surface area contributed by atoms with E-state index in [4.69, 9.17) is 0 Å². The predicted molar refractivity (Wildman–Crippen MR) is 68.9 cm³/mol. The van der Waals surface area contributed by atoms with Crippen molar-refractivity contribution in [1.29, 1.82) is 0 Å². The monoisotopic (exact) mass is 308 g/mol. The topological polar surface area (TPSA) is 42.9 Å². The summed E-state index contributed by atoms with van der Waals surface area (Å²) < 4.78 is 14.2. The lowest BCUT2D eigenvalue weighted by Crippen LogP contribution is -2.08. The molecule has 3 nitrogen and oxygen atoms in total. The number of Topliss-reactive ketones (excluding diaryl/α,β-unsaturated/α-hetero) is 1. The van der Waals surface area contributed by atoms with Crippen LogP contribution in [0, 0.1) is 12.7 Å². The highest BCUT2D eigenvalue weighted by Crippen LogP contribution is 2.17. The van der Waals surface area contributed by atoms with Gasteiger partial charge in [-0.25, -0.2) is 9.37 Å². The van der Waals surface area contributed by atoms with Gasteiger partial charge in [-0.05, 0) is 30.7 Å². The third-order valence-electron chi connectivity index (χ3n) is 2.43. The Morgan fingerprint density at radius 2 is 2.11 bits per heavy atom. The largest absolute Gasteiger partial charge is 0.292 e. The first-order valence-corrected chi connectivity index (χ1v) is 6.11. The van der Waals surface area contributed by atoms with Crippen LogP contribution in [-0.2, 0) is 6.42 Å². The lowest BCUT2D eigenvalue weighted by atomic mass is 10.1. The molecule has 0 fully saturated rings. The molecule has 5 heteroatoms. The van der Waals surface area contributed by atoms with Crippen molar-refractivity contribution < 1.29 is 9.18 Å². The molecular weight excluding hydrogens is 299 g/mol. The molecule has 0 aliphatic rings. The van der Waals surface area contributed by atoms with Crippen molar-refractivity contribution >= 4 is 21.7 Å². The Balaban J connectivity index is 2.21. The first-order valence-electron chi connectivity index (χ1n) is 5.32. The zero-order valence-electron chi connectivity index (χ0n) is 9.65. The molecule has 0 aliphatic carbocycles. The van der Waals surface area contributed by atoms with Gasteiger partial charge in [0.05, 0.1) is 11.9 Å². The van der Waals surface area contributed by atoms with Crippen LogP contribution in [0.3, 0.4) is 0 Å². The average Bonchev–Trinajstić information content (AvgIpc) is 2.34. The van der Waals surface area contributed by atoms with Gasteiger partial charge in [-0.15, -0.1) is 0 Å². The minimum Gasteiger partial charge on any atom is -0.292 e. The van der Waals surface area contributed by atoms with Crippen LogP contribution in [0.25, 0.3) is 0 Å². The maximum absolute atomic E-state index is 13.5. The minimum atomic E-state index is -0.397. The fourth-order valence-electron chi connectivity index (χ4n) is 1.48. The molecule has 18 heavy (non-hydrogen) atoms. The van der Waals surface area contributed by atoms with E-state index in [1.807, 2.05) is 0 Å². The van der Waals surface area contributed by atoms with Gasteiger partial charge in [-0.3, -0.25) is 9.78 Å². The van der Waals surface area contributed by atoms with Gasteiger partial charge in [0.2, 0.25) is 0 Å². The number of aryl methyl sites for hydroxylation is 1. The summed E-state index contributed by atoms with van der Waals surface area (Å²) in [7, 11) is 0. The Bertz CT molecular complexity index is 584. The number of nitrogens with zero attached hydrogens (tertiary/aromatic N) is 2. The quantitative estimate of drug-likeness (QED) is 0.818. The maximum Gasteiger partial charge on any atom is 0.187 e. The SMILES string of the molecule is Cc1cnc(C(=O)Cc2cc(Br)ccc2F)cn1.